The molecule has 0 aliphatic carbocycles. The molecule has 44 heavy (non-hydrogen) atoms. The minimum Gasteiger partial charge on any atom is -0.462 e. The number of amides is 1. The largest absolute Gasteiger partial charge is 0.462 e. The summed E-state index contributed by atoms with van der Waals surface area (Å²) in [6.07, 6.45) is 5.80. The van der Waals surface area contributed by atoms with E-state index in [1.807, 2.05) is 12.1 Å². The third-order valence-electron chi connectivity index (χ3n) is 9.00. The lowest BCUT2D eigenvalue weighted by atomic mass is 10.0. The average molecular weight is 616 g/mol. The molecule has 4 heterocycles. The first-order chi connectivity index (χ1) is 21.5. The van der Waals surface area contributed by atoms with Gasteiger partial charge in [0.2, 0.25) is 12.5 Å². The van der Waals surface area contributed by atoms with Gasteiger partial charge >= 0.3 is 6.01 Å². The summed E-state index contributed by atoms with van der Waals surface area (Å²) in [5, 5.41) is 12.0. The second kappa shape index (κ2) is 13.4. The van der Waals surface area contributed by atoms with Crippen LogP contribution in [0, 0.1) is 6.57 Å². The SMILES string of the molecule is [C-]#[N+]C[C@H]1CN(c2nc(OC[C@@H]3CCCN3C)nc3c2CCN(c2cccc4cccc(Cl)c24)C3)CCN1C(=O)/C=C/CO. The molecule has 1 aromatic heterocycles. The number of likely N-dealkylation sites (N-methyl/N-ethyl adjacent to an activating group) is 1. The number of benzene rings is 2. The highest BCUT2D eigenvalue weighted by molar-refractivity contribution is 6.36. The number of piperazine rings is 1. The van der Waals surface area contributed by atoms with Gasteiger partial charge in [0.25, 0.3) is 0 Å². The second-order valence-corrected chi connectivity index (χ2v) is 12.1. The highest BCUT2D eigenvalue weighted by Crippen LogP contribution is 2.37. The van der Waals surface area contributed by atoms with Gasteiger partial charge in [-0.05, 0) is 50.4 Å². The molecular formula is C33H38ClN7O3. The molecule has 0 spiro atoms. The number of anilines is 2. The summed E-state index contributed by atoms with van der Waals surface area (Å²) in [6.45, 7) is 12.0. The predicted octanol–water partition coefficient (Wildman–Crippen LogP) is 3.80. The zero-order chi connectivity index (χ0) is 30.6. The van der Waals surface area contributed by atoms with E-state index in [1.165, 1.54) is 12.2 Å². The summed E-state index contributed by atoms with van der Waals surface area (Å²) in [5.41, 5.74) is 3.08. The maximum Gasteiger partial charge on any atom is 0.318 e. The van der Waals surface area contributed by atoms with Crippen molar-refractivity contribution in [3.05, 3.63) is 76.2 Å². The molecule has 2 atom stereocenters. The fourth-order valence-electron chi connectivity index (χ4n) is 6.67. The third kappa shape index (κ3) is 6.18. The molecule has 0 unspecified atom stereocenters. The first-order valence-electron chi connectivity index (χ1n) is 15.3. The smallest absolute Gasteiger partial charge is 0.318 e. The van der Waals surface area contributed by atoms with Crippen molar-refractivity contribution in [2.75, 3.05) is 69.3 Å². The van der Waals surface area contributed by atoms with Crippen molar-refractivity contribution < 1.29 is 14.6 Å². The standard InChI is InChI=1S/C33H38ClN7O3/c1-35-19-25-20-40(16-17-41(25)30(43)12-6-18-42)32-26-13-15-39(29-11-4-8-23-7-3-10-27(34)31(23)29)21-28(26)36-33(37-32)44-22-24-9-5-14-38(24)2/h3-4,6-8,10-12,24-25,42H,5,9,13-22H2,2H3/b12-6+/t24-,25-/m0/s1. The van der Waals surface area contributed by atoms with Crippen molar-refractivity contribution in [1.29, 1.82) is 0 Å². The first-order valence-corrected chi connectivity index (χ1v) is 15.7. The molecule has 0 radical (unpaired) electrons. The number of fused-ring (bicyclic) bond motifs is 2. The fourth-order valence-corrected chi connectivity index (χ4v) is 6.95. The van der Waals surface area contributed by atoms with E-state index in [0.717, 1.165) is 70.9 Å². The number of aliphatic hydroxyl groups excluding tert-OH is 1. The van der Waals surface area contributed by atoms with E-state index in [2.05, 4.69) is 50.9 Å². The Morgan fingerprint density at radius 2 is 1.98 bits per heavy atom. The number of halogens is 1. The summed E-state index contributed by atoms with van der Waals surface area (Å²) in [6, 6.07) is 12.7. The monoisotopic (exact) mass is 615 g/mol. The Morgan fingerprint density at radius 3 is 2.75 bits per heavy atom. The van der Waals surface area contributed by atoms with Gasteiger partial charge in [-0.25, -0.2) is 6.57 Å². The van der Waals surface area contributed by atoms with Crippen molar-refractivity contribution >= 4 is 39.8 Å². The molecule has 3 aliphatic heterocycles. The number of rotatable bonds is 8. The van der Waals surface area contributed by atoms with Crippen LogP contribution in [0.5, 0.6) is 6.01 Å². The minimum absolute atomic E-state index is 0.189. The van der Waals surface area contributed by atoms with Crippen LogP contribution in [-0.4, -0.2) is 102 Å². The number of carbonyl (C=O) groups is 1. The van der Waals surface area contributed by atoms with Crippen LogP contribution >= 0.6 is 11.6 Å². The molecule has 0 saturated carbocycles. The van der Waals surface area contributed by atoms with Gasteiger partial charge in [0.15, 0.2) is 0 Å². The number of nitrogens with zero attached hydrogens (tertiary/aromatic N) is 7. The molecule has 1 amide bonds. The van der Waals surface area contributed by atoms with Gasteiger partial charge in [-0.1, -0.05) is 41.9 Å². The van der Waals surface area contributed by atoms with Gasteiger partial charge in [-0.2, -0.15) is 9.97 Å². The first kappa shape index (κ1) is 30.1. The van der Waals surface area contributed by atoms with Crippen LogP contribution in [0.2, 0.25) is 5.02 Å². The topological polar surface area (TPSA) is 89.6 Å². The molecule has 1 N–H and O–H groups in total. The third-order valence-corrected chi connectivity index (χ3v) is 9.32. The summed E-state index contributed by atoms with van der Waals surface area (Å²) >= 11 is 6.70. The molecule has 11 heteroatoms. The molecule has 2 saturated heterocycles. The van der Waals surface area contributed by atoms with Gasteiger partial charge in [0, 0.05) is 54.9 Å². The van der Waals surface area contributed by atoms with Gasteiger partial charge in [0.1, 0.15) is 18.5 Å². The minimum atomic E-state index is -0.294. The van der Waals surface area contributed by atoms with Crippen LogP contribution in [0.4, 0.5) is 11.5 Å². The predicted molar refractivity (Wildman–Crippen MR) is 172 cm³/mol. The summed E-state index contributed by atoms with van der Waals surface area (Å²) in [4.78, 5) is 35.0. The van der Waals surface area contributed by atoms with Gasteiger partial charge in [-0.3, -0.25) is 4.79 Å². The maximum atomic E-state index is 12.8. The van der Waals surface area contributed by atoms with Crippen molar-refractivity contribution in [1.82, 2.24) is 19.8 Å². The Hall–Kier alpha value is -3.91. The molecule has 6 rings (SSSR count). The van der Waals surface area contributed by atoms with E-state index in [9.17, 15) is 4.79 Å². The van der Waals surface area contributed by atoms with E-state index in [-0.39, 0.29) is 25.1 Å². The van der Waals surface area contributed by atoms with Gasteiger partial charge in [-0.15, -0.1) is 0 Å². The Balaban J connectivity index is 1.32. The Morgan fingerprint density at radius 1 is 1.14 bits per heavy atom. The zero-order valence-corrected chi connectivity index (χ0v) is 25.8. The molecule has 3 aromatic rings. The molecule has 230 valence electrons. The van der Waals surface area contributed by atoms with E-state index < -0.39 is 0 Å². The number of aromatic nitrogens is 2. The Kier molecular flexibility index (Phi) is 9.17. The van der Waals surface area contributed by atoms with E-state index in [0.29, 0.717) is 44.8 Å². The number of hydrogen-bond acceptors (Lipinski definition) is 8. The van der Waals surface area contributed by atoms with E-state index in [4.69, 9.17) is 38.0 Å². The lowest BCUT2D eigenvalue weighted by Gasteiger charge is -2.41. The molecule has 3 aliphatic rings. The van der Waals surface area contributed by atoms with E-state index >= 15 is 0 Å². The van der Waals surface area contributed by atoms with Crippen LogP contribution in [-0.2, 0) is 17.8 Å². The number of aliphatic hydroxyl groups is 1. The molecule has 2 fully saturated rings. The van der Waals surface area contributed by atoms with E-state index in [1.54, 1.807) is 4.90 Å². The van der Waals surface area contributed by atoms with Gasteiger partial charge < -0.3 is 34.3 Å². The van der Waals surface area contributed by atoms with Crippen molar-refractivity contribution in [2.24, 2.45) is 0 Å². The van der Waals surface area contributed by atoms with Crippen LogP contribution in [0.15, 0.2) is 48.6 Å². The molecule has 2 aromatic carbocycles. The van der Waals surface area contributed by atoms with Crippen LogP contribution in [0.3, 0.4) is 0 Å². The highest BCUT2D eigenvalue weighted by Gasteiger charge is 2.35. The number of hydrogen-bond donors (Lipinski definition) is 1. The highest BCUT2D eigenvalue weighted by atomic mass is 35.5. The van der Waals surface area contributed by atoms with Crippen LogP contribution < -0.4 is 14.5 Å². The summed E-state index contributed by atoms with van der Waals surface area (Å²) in [7, 11) is 2.13. The lowest BCUT2D eigenvalue weighted by Crippen LogP contribution is -2.56. The number of likely N-dealkylation sites (tertiary alicyclic amines) is 1. The van der Waals surface area contributed by atoms with Crippen LogP contribution in [0.1, 0.15) is 24.1 Å². The summed E-state index contributed by atoms with van der Waals surface area (Å²) in [5.74, 6) is 0.638. The molecule has 10 nitrogen and oxygen atoms in total. The number of ether oxygens (including phenoxy) is 1. The fraction of sp³-hybridized carbons (Fsp3) is 0.455. The second-order valence-electron chi connectivity index (χ2n) is 11.7. The Labute approximate surface area is 263 Å². The molecule has 0 bridgehead atoms. The normalized spacial score (nSPS) is 20.7. The van der Waals surface area contributed by atoms with Gasteiger partial charge in [0.05, 0.1) is 23.9 Å². The number of carbonyl (C=O) groups excluding carboxylic acids is 1. The maximum absolute atomic E-state index is 12.8. The van der Waals surface area contributed by atoms with Crippen molar-refractivity contribution in [2.45, 2.75) is 37.9 Å². The summed E-state index contributed by atoms with van der Waals surface area (Å²) < 4.78 is 6.29. The van der Waals surface area contributed by atoms with Crippen molar-refractivity contribution in [3.63, 3.8) is 0 Å². The van der Waals surface area contributed by atoms with Crippen molar-refractivity contribution in [3.8, 4) is 6.01 Å². The lowest BCUT2D eigenvalue weighted by molar-refractivity contribution is -0.128. The molecular weight excluding hydrogens is 578 g/mol. The van der Waals surface area contributed by atoms with Crippen LogP contribution in [0.25, 0.3) is 15.6 Å². The Bertz CT molecular complexity index is 1590. The zero-order valence-electron chi connectivity index (χ0n) is 25.0. The quantitative estimate of drug-likeness (QED) is 0.302. The average Bonchev–Trinajstić information content (AvgIpc) is 3.46.